The maximum Gasteiger partial charge on any atom is 0.250 e. The minimum Gasteiger partial charge on any atom is -0.394 e. The number of aliphatic hydroxyl groups excluding tert-OH is 1. The van der Waals surface area contributed by atoms with Crippen molar-refractivity contribution < 1.29 is 24.2 Å². The molecular formula is C29H34ClN3O5. The molecule has 0 saturated carbocycles. The zero-order chi connectivity index (χ0) is 27.2. The lowest BCUT2D eigenvalue weighted by molar-refractivity contribution is -0.149. The Morgan fingerprint density at radius 1 is 1.11 bits per heavy atom. The van der Waals surface area contributed by atoms with Crippen LogP contribution in [0.1, 0.15) is 39.2 Å². The van der Waals surface area contributed by atoms with Gasteiger partial charge in [0, 0.05) is 6.54 Å². The van der Waals surface area contributed by atoms with E-state index in [0.717, 1.165) is 5.56 Å². The number of amides is 3. The van der Waals surface area contributed by atoms with Crippen molar-refractivity contribution in [1.82, 2.24) is 10.2 Å². The predicted molar refractivity (Wildman–Crippen MR) is 143 cm³/mol. The molecule has 3 aliphatic heterocycles. The van der Waals surface area contributed by atoms with Crippen LogP contribution < -0.4 is 10.6 Å². The van der Waals surface area contributed by atoms with Crippen LogP contribution in [0.15, 0.2) is 54.6 Å². The fourth-order valence-corrected chi connectivity index (χ4v) is 6.88. The van der Waals surface area contributed by atoms with Crippen molar-refractivity contribution in [1.29, 1.82) is 0 Å². The molecule has 202 valence electrons. The van der Waals surface area contributed by atoms with Crippen LogP contribution >= 0.6 is 11.6 Å². The van der Waals surface area contributed by atoms with Crippen molar-refractivity contribution in [3.63, 3.8) is 0 Å². The number of rotatable bonds is 8. The molecule has 3 saturated heterocycles. The molecule has 3 N–H and O–H groups in total. The molecule has 38 heavy (non-hydrogen) atoms. The predicted octanol–water partition coefficient (Wildman–Crippen LogP) is 3.38. The number of nitrogens with one attached hydrogen (secondary N) is 2. The van der Waals surface area contributed by atoms with E-state index in [-0.39, 0.29) is 24.3 Å². The minimum absolute atomic E-state index is 0.132. The number of nitrogens with zero attached hydrogens (tertiary/aromatic N) is 1. The van der Waals surface area contributed by atoms with Gasteiger partial charge < -0.3 is 25.4 Å². The molecule has 2 bridgehead atoms. The SMILES string of the molecule is CC(C)[C@H](CO)N1C(=O)[C@@H]2[C@H](C(=O)NCc3ccccc3)[C@]3(C)CCC2(O3)C1C(=O)Nc1ccccc1Cl. The van der Waals surface area contributed by atoms with Gasteiger partial charge in [0.15, 0.2) is 0 Å². The summed E-state index contributed by atoms with van der Waals surface area (Å²) in [4.78, 5) is 43.3. The lowest BCUT2D eigenvalue weighted by Gasteiger charge is -2.38. The molecule has 8 nitrogen and oxygen atoms in total. The Morgan fingerprint density at radius 3 is 2.45 bits per heavy atom. The van der Waals surface area contributed by atoms with E-state index in [0.29, 0.717) is 30.1 Å². The third kappa shape index (κ3) is 4.19. The summed E-state index contributed by atoms with van der Waals surface area (Å²) in [5, 5.41) is 16.6. The maximum absolute atomic E-state index is 14.2. The Morgan fingerprint density at radius 2 is 1.79 bits per heavy atom. The molecule has 0 radical (unpaired) electrons. The van der Waals surface area contributed by atoms with Crippen molar-refractivity contribution in [2.45, 2.75) is 63.4 Å². The summed E-state index contributed by atoms with van der Waals surface area (Å²) in [7, 11) is 0. The number of anilines is 1. The second kappa shape index (κ2) is 9.98. The second-order valence-electron chi connectivity index (χ2n) is 11.1. The highest BCUT2D eigenvalue weighted by Gasteiger charge is 2.78. The fraction of sp³-hybridized carbons (Fsp3) is 0.483. The Kier molecular flexibility index (Phi) is 7.00. The van der Waals surface area contributed by atoms with Crippen LogP contribution in [0.5, 0.6) is 0 Å². The van der Waals surface area contributed by atoms with Crippen molar-refractivity contribution in [3.05, 3.63) is 65.2 Å². The summed E-state index contributed by atoms with van der Waals surface area (Å²) in [6.45, 7) is 5.66. The zero-order valence-corrected chi connectivity index (χ0v) is 22.6. The topological polar surface area (TPSA) is 108 Å². The van der Waals surface area contributed by atoms with Gasteiger partial charge in [0.1, 0.15) is 11.6 Å². The van der Waals surface area contributed by atoms with Crippen molar-refractivity contribution in [2.24, 2.45) is 17.8 Å². The van der Waals surface area contributed by atoms with Gasteiger partial charge in [0.2, 0.25) is 17.7 Å². The van der Waals surface area contributed by atoms with E-state index >= 15 is 0 Å². The number of para-hydroxylation sites is 1. The number of carbonyl (C=O) groups is 3. The summed E-state index contributed by atoms with van der Waals surface area (Å²) in [6.07, 6.45) is 0.991. The zero-order valence-electron chi connectivity index (χ0n) is 21.8. The summed E-state index contributed by atoms with van der Waals surface area (Å²) >= 11 is 6.32. The lowest BCUT2D eigenvalue weighted by atomic mass is 9.66. The lowest BCUT2D eigenvalue weighted by Crippen LogP contribution is -2.57. The van der Waals surface area contributed by atoms with Crippen LogP contribution in [0.3, 0.4) is 0 Å². The van der Waals surface area contributed by atoms with Crippen LogP contribution in [-0.2, 0) is 25.7 Å². The number of benzene rings is 2. The number of ether oxygens (including phenoxy) is 1. The summed E-state index contributed by atoms with van der Waals surface area (Å²) in [5.74, 6) is -2.78. The molecule has 6 atom stereocenters. The average Bonchev–Trinajstić information content (AvgIpc) is 3.46. The van der Waals surface area contributed by atoms with Gasteiger partial charge in [-0.3, -0.25) is 14.4 Å². The first-order valence-corrected chi connectivity index (χ1v) is 13.5. The van der Waals surface area contributed by atoms with Gasteiger partial charge in [-0.1, -0.05) is 67.9 Å². The van der Waals surface area contributed by atoms with Gasteiger partial charge in [0.05, 0.1) is 40.8 Å². The molecule has 1 spiro atoms. The van der Waals surface area contributed by atoms with Crippen molar-refractivity contribution in [3.8, 4) is 0 Å². The number of hydrogen-bond acceptors (Lipinski definition) is 5. The molecule has 3 amide bonds. The third-order valence-corrected chi connectivity index (χ3v) is 8.83. The van der Waals surface area contributed by atoms with Crippen LogP contribution in [0, 0.1) is 17.8 Å². The average molecular weight is 540 g/mol. The van der Waals surface area contributed by atoms with Crippen LogP contribution in [0.25, 0.3) is 0 Å². The summed E-state index contributed by atoms with van der Waals surface area (Å²) in [5.41, 5.74) is -0.703. The van der Waals surface area contributed by atoms with Crippen LogP contribution in [0.2, 0.25) is 5.02 Å². The van der Waals surface area contributed by atoms with Gasteiger partial charge in [-0.25, -0.2) is 0 Å². The van der Waals surface area contributed by atoms with Gasteiger partial charge in [0.25, 0.3) is 0 Å². The van der Waals surface area contributed by atoms with Crippen LogP contribution in [0.4, 0.5) is 5.69 Å². The van der Waals surface area contributed by atoms with Crippen LogP contribution in [-0.4, -0.2) is 57.6 Å². The Bertz CT molecular complexity index is 1240. The summed E-state index contributed by atoms with van der Waals surface area (Å²) in [6, 6.07) is 14.8. The first-order chi connectivity index (χ1) is 18.1. The molecule has 2 aromatic rings. The van der Waals surface area contributed by atoms with E-state index in [9.17, 15) is 19.5 Å². The smallest absolute Gasteiger partial charge is 0.250 e. The molecule has 0 aromatic heterocycles. The Balaban J connectivity index is 1.51. The molecular weight excluding hydrogens is 506 g/mol. The quantitative estimate of drug-likeness (QED) is 0.477. The highest BCUT2D eigenvalue weighted by Crippen LogP contribution is 2.63. The molecule has 3 fully saturated rings. The molecule has 3 aliphatic rings. The molecule has 9 heteroatoms. The molecule has 3 heterocycles. The normalized spacial score (nSPS) is 30.4. The van der Waals surface area contributed by atoms with E-state index in [4.69, 9.17) is 16.3 Å². The molecule has 2 aromatic carbocycles. The number of aliphatic hydroxyl groups is 1. The number of halogens is 1. The number of likely N-dealkylation sites (tertiary alicyclic amines) is 1. The summed E-state index contributed by atoms with van der Waals surface area (Å²) < 4.78 is 6.64. The monoisotopic (exact) mass is 539 g/mol. The minimum atomic E-state index is -1.19. The van der Waals surface area contributed by atoms with Gasteiger partial charge in [-0.15, -0.1) is 0 Å². The first kappa shape index (κ1) is 26.7. The molecule has 2 unspecified atom stereocenters. The maximum atomic E-state index is 14.2. The second-order valence-corrected chi connectivity index (χ2v) is 11.5. The number of fused-ring (bicyclic) bond motifs is 1. The number of hydrogen-bond donors (Lipinski definition) is 3. The Labute approximate surface area is 227 Å². The molecule has 0 aliphatic carbocycles. The highest BCUT2D eigenvalue weighted by atomic mass is 35.5. The number of carbonyl (C=O) groups excluding carboxylic acids is 3. The van der Waals surface area contributed by atoms with Gasteiger partial charge in [-0.05, 0) is 43.4 Å². The fourth-order valence-electron chi connectivity index (χ4n) is 6.70. The standard InChI is InChI=1S/C29H34ClN3O5/c1-17(2)21(16-34)33-24(26(36)32-20-12-8-7-11-19(20)30)29-14-13-28(3,38-29)22(23(29)27(33)37)25(35)31-15-18-9-5-4-6-10-18/h4-12,17,21-24,34H,13-16H2,1-3H3,(H,31,35)(H,32,36)/t21-,22+,23-,24?,28-,29?/m0/s1. The van der Waals surface area contributed by atoms with E-state index < -0.39 is 41.0 Å². The van der Waals surface area contributed by atoms with E-state index in [1.54, 1.807) is 24.3 Å². The third-order valence-electron chi connectivity index (χ3n) is 8.50. The van der Waals surface area contributed by atoms with Crippen molar-refractivity contribution >= 4 is 35.0 Å². The Hall–Kier alpha value is -2.94. The highest BCUT2D eigenvalue weighted by molar-refractivity contribution is 6.33. The van der Waals surface area contributed by atoms with Gasteiger partial charge >= 0.3 is 0 Å². The molecule has 5 rings (SSSR count). The van der Waals surface area contributed by atoms with Gasteiger partial charge in [-0.2, -0.15) is 0 Å². The van der Waals surface area contributed by atoms with E-state index in [2.05, 4.69) is 10.6 Å². The first-order valence-electron chi connectivity index (χ1n) is 13.1. The van der Waals surface area contributed by atoms with E-state index in [1.807, 2.05) is 51.1 Å². The van der Waals surface area contributed by atoms with Crippen molar-refractivity contribution in [2.75, 3.05) is 11.9 Å². The van der Waals surface area contributed by atoms with E-state index in [1.165, 1.54) is 4.90 Å². The largest absolute Gasteiger partial charge is 0.394 e.